The van der Waals surface area contributed by atoms with Crippen molar-refractivity contribution in [1.29, 1.82) is 0 Å². The summed E-state index contributed by atoms with van der Waals surface area (Å²) in [7, 11) is -3.07. The van der Waals surface area contributed by atoms with Crippen LogP contribution in [0.15, 0.2) is 17.0 Å². The highest BCUT2D eigenvalue weighted by Crippen LogP contribution is 2.19. The summed E-state index contributed by atoms with van der Waals surface area (Å²) in [6, 6.07) is 1.17. The minimum atomic E-state index is -3.07. The lowest BCUT2D eigenvalue weighted by molar-refractivity contribution is 0.555. The van der Waals surface area contributed by atoms with Crippen LogP contribution < -0.4 is 0 Å². The van der Waals surface area contributed by atoms with Gasteiger partial charge in [0.05, 0.1) is 5.02 Å². The molecule has 0 unspecified atom stereocenters. The van der Waals surface area contributed by atoms with E-state index < -0.39 is 32.3 Å². The fourth-order valence-corrected chi connectivity index (χ4v) is 1.37. The zero-order valence-electron chi connectivity index (χ0n) is 5.55. The highest BCUT2D eigenvalue weighted by atomic mass is 35.5. The van der Waals surface area contributed by atoms with Crippen molar-refractivity contribution in [2.24, 2.45) is 0 Å². The van der Waals surface area contributed by atoms with Crippen LogP contribution in [0, 0.1) is 11.6 Å². The average Bonchev–Trinajstić information content (AvgIpc) is 1.96. The lowest BCUT2D eigenvalue weighted by atomic mass is 10.3. The van der Waals surface area contributed by atoms with Gasteiger partial charge in [0.15, 0.2) is 10.7 Å². The Hall–Kier alpha value is -0.680. The first-order valence-electron chi connectivity index (χ1n) is 2.81. The summed E-state index contributed by atoms with van der Waals surface area (Å²) in [6.45, 7) is 0. The molecule has 1 rings (SSSR count). The van der Waals surface area contributed by atoms with Crippen molar-refractivity contribution in [3.63, 3.8) is 0 Å². The van der Waals surface area contributed by atoms with E-state index in [2.05, 4.69) is 0 Å². The van der Waals surface area contributed by atoms with Gasteiger partial charge in [0.25, 0.3) is 0 Å². The van der Waals surface area contributed by atoms with Crippen molar-refractivity contribution in [2.45, 2.75) is 4.90 Å². The van der Waals surface area contributed by atoms with Gasteiger partial charge >= 0.3 is 0 Å². The van der Waals surface area contributed by atoms with Crippen molar-refractivity contribution in [1.82, 2.24) is 0 Å². The molecule has 0 radical (unpaired) electrons. The average molecular weight is 213 g/mol. The van der Waals surface area contributed by atoms with E-state index >= 15 is 0 Å². The molecule has 0 heterocycles. The highest BCUT2D eigenvalue weighted by Gasteiger charge is 2.09. The van der Waals surface area contributed by atoms with Crippen LogP contribution in [0.2, 0.25) is 5.02 Å². The Kier molecular flexibility index (Phi) is 2.64. The lowest BCUT2D eigenvalue weighted by Crippen LogP contribution is -1.89. The van der Waals surface area contributed by atoms with E-state index in [9.17, 15) is 17.2 Å². The summed E-state index contributed by atoms with van der Waals surface area (Å²) in [5.74, 6) is -2.11. The van der Waals surface area contributed by atoms with Gasteiger partial charge in [-0.3, -0.25) is 0 Å². The molecule has 1 aromatic carbocycles. The Morgan fingerprint density at radius 3 is 2.25 bits per heavy atom. The van der Waals surface area contributed by atoms with Gasteiger partial charge in [-0.1, -0.05) is 11.6 Å². The van der Waals surface area contributed by atoms with Crippen LogP contribution in [0.5, 0.6) is 0 Å². The second kappa shape index (κ2) is 3.37. The predicted octanol–water partition coefficient (Wildman–Crippen LogP) is 1.59. The molecule has 0 bridgehead atoms. The molecule has 2 nitrogen and oxygen atoms in total. The predicted molar refractivity (Wildman–Crippen MR) is 39.9 cm³/mol. The fourth-order valence-electron chi connectivity index (χ4n) is 0.652. The summed E-state index contributed by atoms with van der Waals surface area (Å²) < 4.78 is 45.7. The van der Waals surface area contributed by atoms with Crippen molar-refractivity contribution >= 4 is 22.3 Å². The quantitative estimate of drug-likeness (QED) is 0.567. The molecule has 0 aliphatic carbocycles. The van der Waals surface area contributed by atoms with Gasteiger partial charge in [-0.05, 0) is 6.07 Å². The number of rotatable bonds is 1. The number of benzene rings is 1. The van der Waals surface area contributed by atoms with Gasteiger partial charge < -0.3 is 0 Å². The van der Waals surface area contributed by atoms with Gasteiger partial charge in [-0.2, -0.15) is 0 Å². The lowest BCUT2D eigenvalue weighted by Gasteiger charge is -1.96. The molecule has 6 heteroatoms. The normalized spacial score (nSPS) is 10.7. The van der Waals surface area contributed by atoms with Gasteiger partial charge in [0.1, 0.15) is 16.5 Å². The molecule has 0 amide bonds. The third-order valence-electron chi connectivity index (χ3n) is 1.19. The van der Waals surface area contributed by atoms with Gasteiger partial charge in [0.2, 0.25) is 0 Å². The molecule has 0 N–H and O–H groups in total. The fraction of sp³-hybridized carbons (Fsp3) is 0. The Morgan fingerprint density at radius 2 is 1.75 bits per heavy atom. The van der Waals surface area contributed by atoms with Crippen molar-refractivity contribution in [2.75, 3.05) is 0 Å². The molecule has 1 aromatic rings. The van der Waals surface area contributed by atoms with E-state index in [1.165, 1.54) is 0 Å². The summed E-state index contributed by atoms with van der Waals surface area (Å²) in [6.07, 6.45) is 0. The summed E-state index contributed by atoms with van der Waals surface area (Å²) in [4.78, 5) is -0.601. The molecule has 0 aromatic heterocycles. The smallest absolute Gasteiger partial charge is 0.171 e. The molecule has 0 spiro atoms. The second-order valence-corrected chi connectivity index (χ2v) is 3.38. The van der Waals surface area contributed by atoms with Crippen molar-refractivity contribution in [3.8, 4) is 0 Å². The Balaban J connectivity index is 3.43. The van der Waals surface area contributed by atoms with E-state index in [0.717, 1.165) is 6.07 Å². The van der Waals surface area contributed by atoms with Crippen LogP contribution in [-0.4, -0.2) is 8.42 Å². The number of hydrogen-bond donors (Lipinski definition) is 1. The van der Waals surface area contributed by atoms with E-state index in [4.69, 9.17) is 11.6 Å². The zero-order valence-corrected chi connectivity index (χ0v) is 7.20. The summed E-state index contributed by atoms with van der Waals surface area (Å²) >= 11 is 5.22. The largest absolute Gasteiger partial charge is 0.227 e. The van der Waals surface area contributed by atoms with Crippen LogP contribution in [0.1, 0.15) is 0 Å². The van der Waals surface area contributed by atoms with Crippen LogP contribution in [-0.2, 0) is 10.7 Å². The van der Waals surface area contributed by atoms with Crippen LogP contribution >= 0.6 is 11.6 Å². The molecule has 0 atom stereocenters. The molecular formula is C6H3ClF2O2S. The minimum Gasteiger partial charge on any atom is -0.227 e. The molecule has 66 valence electrons. The maximum atomic E-state index is 12.6. The Bertz CT molecular complexity index is 381. The van der Waals surface area contributed by atoms with E-state index in [1.807, 2.05) is 0 Å². The zero-order chi connectivity index (χ0) is 9.30. The van der Waals surface area contributed by atoms with Crippen molar-refractivity contribution in [3.05, 3.63) is 28.8 Å². The van der Waals surface area contributed by atoms with Crippen molar-refractivity contribution < 1.29 is 17.2 Å². The van der Waals surface area contributed by atoms with Crippen LogP contribution in [0.4, 0.5) is 8.78 Å². The molecule has 0 fully saturated rings. The van der Waals surface area contributed by atoms with Gasteiger partial charge in [-0.15, -0.1) is 0 Å². The third kappa shape index (κ3) is 1.73. The standard InChI is InChI=1S/C6H3ClF2O2S/c7-3-1-6(12(10)11)5(9)2-4(3)8/h1-2,12H. The topological polar surface area (TPSA) is 34.1 Å². The van der Waals surface area contributed by atoms with E-state index in [0.29, 0.717) is 6.07 Å². The maximum Gasteiger partial charge on any atom is 0.171 e. The Morgan fingerprint density at radius 1 is 1.17 bits per heavy atom. The van der Waals surface area contributed by atoms with Gasteiger partial charge in [0, 0.05) is 6.07 Å². The number of hydrogen-bond acceptors (Lipinski definition) is 2. The van der Waals surface area contributed by atoms with Gasteiger partial charge in [-0.25, -0.2) is 17.2 Å². The first kappa shape index (κ1) is 9.41. The highest BCUT2D eigenvalue weighted by molar-refractivity contribution is 7.72. The Labute approximate surface area is 73.7 Å². The SMILES string of the molecule is O=[SH](=O)c1cc(Cl)c(F)cc1F. The van der Waals surface area contributed by atoms with E-state index in [-0.39, 0.29) is 0 Å². The second-order valence-electron chi connectivity index (χ2n) is 1.97. The molecule has 0 aliphatic heterocycles. The molecule has 0 saturated carbocycles. The van der Waals surface area contributed by atoms with Crippen LogP contribution in [0.25, 0.3) is 0 Å². The number of halogens is 3. The van der Waals surface area contributed by atoms with Crippen LogP contribution in [0.3, 0.4) is 0 Å². The summed E-state index contributed by atoms with van der Waals surface area (Å²) in [5, 5.41) is -0.411. The van der Waals surface area contributed by atoms with E-state index in [1.54, 1.807) is 0 Å². The molecule has 0 aliphatic rings. The third-order valence-corrected chi connectivity index (χ3v) is 2.21. The molecular weight excluding hydrogens is 210 g/mol. The minimum absolute atomic E-state index is 0.411. The first-order chi connectivity index (χ1) is 5.52. The first-order valence-corrected chi connectivity index (χ1v) is 4.37. The monoisotopic (exact) mass is 212 g/mol. The molecule has 12 heavy (non-hydrogen) atoms. The maximum absolute atomic E-state index is 12.6. The number of thiol groups is 1. The molecule has 0 saturated heterocycles. The summed E-state index contributed by atoms with van der Waals surface area (Å²) in [5.41, 5.74) is 0.